The quantitative estimate of drug-likeness (QED) is 0.900. The molecular formula is C13H15ClN2O3S. The molecule has 1 saturated carbocycles. The Hall–Kier alpha value is -1.11. The molecular weight excluding hydrogens is 300 g/mol. The number of likely N-dealkylation sites (tertiary alicyclic amines) is 1. The van der Waals surface area contributed by atoms with Crippen molar-refractivity contribution in [3.05, 3.63) is 28.8 Å². The zero-order valence-electron chi connectivity index (χ0n) is 10.8. The molecule has 5 nitrogen and oxygen atoms in total. The molecule has 1 saturated heterocycles. The van der Waals surface area contributed by atoms with Crippen LogP contribution in [0.5, 0.6) is 0 Å². The number of carbonyl (C=O) groups excluding carboxylic acids is 1. The van der Waals surface area contributed by atoms with Crippen LogP contribution < -0.4 is 5.14 Å². The number of primary sulfonamides is 1. The molecule has 1 aromatic carbocycles. The molecule has 2 aliphatic rings. The Labute approximate surface area is 122 Å². The predicted octanol–water partition coefficient (Wildman–Crippen LogP) is 1.61. The molecule has 108 valence electrons. The maximum absolute atomic E-state index is 12.5. The molecule has 1 aliphatic heterocycles. The van der Waals surface area contributed by atoms with E-state index in [4.69, 9.17) is 16.7 Å². The lowest BCUT2D eigenvalue weighted by molar-refractivity contribution is 0.0703. The van der Waals surface area contributed by atoms with E-state index in [9.17, 15) is 13.2 Å². The highest BCUT2D eigenvalue weighted by molar-refractivity contribution is 7.89. The molecule has 1 aromatic rings. The highest BCUT2D eigenvalue weighted by atomic mass is 35.5. The van der Waals surface area contributed by atoms with Gasteiger partial charge in [0.1, 0.15) is 0 Å². The average Bonchev–Trinajstić information content (AvgIpc) is 2.99. The number of fused-ring (bicyclic) bond motifs is 2. The summed E-state index contributed by atoms with van der Waals surface area (Å²) in [5.74, 6) is 0.372. The molecule has 0 spiro atoms. The Morgan fingerprint density at radius 1 is 1.35 bits per heavy atom. The molecule has 2 N–H and O–H groups in total. The Balaban J connectivity index is 1.95. The molecule has 1 heterocycles. The molecule has 2 bridgehead atoms. The highest BCUT2D eigenvalue weighted by Gasteiger charge is 2.40. The van der Waals surface area contributed by atoms with Crippen molar-refractivity contribution >= 4 is 27.5 Å². The Morgan fingerprint density at radius 2 is 2.10 bits per heavy atom. The number of piperidine rings is 1. The molecule has 1 aliphatic carbocycles. The topological polar surface area (TPSA) is 80.5 Å². The summed E-state index contributed by atoms with van der Waals surface area (Å²) in [6.07, 6.45) is 3.22. The second kappa shape index (κ2) is 4.72. The molecule has 7 heteroatoms. The number of sulfonamides is 1. The SMILES string of the molecule is NS(=O)(=O)c1ccc(Cl)c(C(=O)N2CC3CCC2C3)c1. The summed E-state index contributed by atoms with van der Waals surface area (Å²) in [4.78, 5) is 14.3. The lowest BCUT2D eigenvalue weighted by Gasteiger charge is -2.27. The van der Waals surface area contributed by atoms with Crippen molar-refractivity contribution in [3.8, 4) is 0 Å². The Morgan fingerprint density at radius 3 is 2.65 bits per heavy atom. The van der Waals surface area contributed by atoms with Gasteiger partial charge in [-0.15, -0.1) is 0 Å². The van der Waals surface area contributed by atoms with Crippen molar-refractivity contribution in [3.63, 3.8) is 0 Å². The van der Waals surface area contributed by atoms with Crippen LogP contribution in [0.3, 0.4) is 0 Å². The number of benzene rings is 1. The van der Waals surface area contributed by atoms with Gasteiger partial charge >= 0.3 is 0 Å². The fourth-order valence-corrected chi connectivity index (χ4v) is 3.91. The third kappa shape index (κ3) is 2.32. The molecule has 1 amide bonds. The van der Waals surface area contributed by atoms with E-state index in [1.807, 2.05) is 4.90 Å². The largest absolute Gasteiger partial charge is 0.335 e. The lowest BCUT2D eigenvalue weighted by atomic mass is 10.1. The Kier molecular flexibility index (Phi) is 3.27. The van der Waals surface area contributed by atoms with Gasteiger partial charge in [-0.2, -0.15) is 0 Å². The van der Waals surface area contributed by atoms with Crippen molar-refractivity contribution in [2.75, 3.05) is 6.54 Å². The van der Waals surface area contributed by atoms with Gasteiger partial charge in [-0.3, -0.25) is 4.79 Å². The summed E-state index contributed by atoms with van der Waals surface area (Å²) in [7, 11) is -3.84. The number of hydrogen-bond acceptors (Lipinski definition) is 3. The van der Waals surface area contributed by atoms with E-state index < -0.39 is 10.0 Å². The lowest BCUT2D eigenvalue weighted by Crippen LogP contribution is -2.37. The van der Waals surface area contributed by atoms with Gasteiger partial charge in [-0.05, 0) is 43.4 Å². The van der Waals surface area contributed by atoms with Crippen LogP contribution in [0.1, 0.15) is 29.6 Å². The van der Waals surface area contributed by atoms with Crippen LogP contribution in [0.15, 0.2) is 23.1 Å². The fraction of sp³-hybridized carbons (Fsp3) is 0.462. The number of hydrogen-bond donors (Lipinski definition) is 1. The minimum atomic E-state index is -3.84. The van der Waals surface area contributed by atoms with E-state index >= 15 is 0 Å². The van der Waals surface area contributed by atoms with Crippen LogP contribution in [0.4, 0.5) is 0 Å². The van der Waals surface area contributed by atoms with Crippen LogP contribution >= 0.6 is 11.6 Å². The molecule has 0 radical (unpaired) electrons. The van der Waals surface area contributed by atoms with Crippen molar-refractivity contribution in [2.45, 2.75) is 30.2 Å². The number of rotatable bonds is 2. The fourth-order valence-electron chi connectivity index (χ4n) is 3.17. The summed E-state index contributed by atoms with van der Waals surface area (Å²) in [6, 6.07) is 4.25. The third-order valence-electron chi connectivity index (χ3n) is 4.17. The second-order valence-corrected chi connectivity index (χ2v) is 7.45. The first kappa shape index (κ1) is 13.9. The van der Waals surface area contributed by atoms with Crippen molar-refractivity contribution in [1.82, 2.24) is 4.90 Å². The summed E-state index contributed by atoms with van der Waals surface area (Å²) in [6.45, 7) is 0.736. The van der Waals surface area contributed by atoms with Crippen LogP contribution in [0.25, 0.3) is 0 Å². The number of nitrogens with zero attached hydrogens (tertiary/aromatic N) is 1. The van der Waals surface area contributed by atoms with Gasteiger partial charge in [0.25, 0.3) is 5.91 Å². The van der Waals surface area contributed by atoms with Crippen LogP contribution in [-0.2, 0) is 10.0 Å². The molecule has 2 unspecified atom stereocenters. The molecule has 2 atom stereocenters. The number of halogens is 1. The standard InChI is InChI=1S/C13H15ClN2O3S/c14-12-4-3-10(20(15,18)19)6-11(12)13(17)16-7-8-1-2-9(16)5-8/h3-4,6,8-9H,1-2,5,7H2,(H2,15,18,19). The average molecular weight is 315 g/mol. The predicted molar refractivity (Wildman–Crippen MR) is 75.0 cm³/mol. The number of amides is 1. The van der Waals surface area contributed by atoms with Crippen LogP contribution in [0.2, 0.25) is 5.02 Å². The first-order chi connectivity index (χ1) is 9.36. The maximum Gasteiger partial charge on any atom is 0.255 e. The molecule has 3 rings (SSSR count). The second-order valence-electron chi connectivity index (χ2n) is 5.48. The van der Waals surface area contributed by atoms with Gasteiger partial charge in [0.2, 0.25) is 10.0 Å². The zero-order valence-corrected chi connectivity index (χ0v) is 12.3. The monoisotopic (exact) mass is 314 g/mol. The maximum atomic E-state index is 12.5. The first-order valence-electron chi connectivity index (χ1n) is 6.49. The summed E-state index contributed by atoms with van der Waals surface area (Å²) >= 11 is 6.04. The summed E-state index contributed by atoms with van der Waals surface area (Å²) in [5, 5.41) is 5.35. The molecule has 20 heavy (non-hydrogen) atoms. The van der Waals surface area contributed by atoms with Gasteiger partial charge in [-0.25, -0.2) is 13.6 Å². The van der Waals surface area contributed by atoms with E-state index in [1.54, 1.807) is 0 Å². The van der Waals surface area contributed by atoms with Crippen molar-refractivity contribution in [1.29, 1.82) is 0 Å². The van der Waals surface area contributed by atoms with E-state index in [-0.39, 0.29) is 27.4 Å². The van der Waals surface area contributed by atoms with Crippen LogP contribution in [-0.4, -0.2) is 31.8 Å². The van der Waals surface area contributed by atoms with Crippen molar-refractivity contribution in [2.24, 2.45) is 11.1 Å². The summed E-state index contributed by atoms with van der Waals surface area (Å²) < 4.78 is 22.8. The third-order valence-corrected chi connectivity index (χ3v) is 5.41. The number of nitrogens with two attached hydrogens (primary N) is 1. The van der Waals surface area contributed by atoms with Crippen molar-refractivity contribution < 1.29 is 13.2 Å². The van der Waals surface area contributed by atoms with Crippen LogP contribution in [0, 0.1) is 5.92 Å². The summed E-state index contributed by atoms with van der Waals surface area (Å²) in [5.41, 5.74) is 0.214. The highest BCUT2D eigenvalue weighted by Crippen LogP contribution is 2.38. The zero-order chi connectivity index (χ0) is 14.5. The Bertz CT molecular complexity index is 674. The molecule has 2 fully saturated rings. The van der Waals surface area contributed by atoms with Gasteiger partial charge in [0, 0.05) is 12.6 Å². The van der Waals surface area contributed by atoms with E-state index in [1.165, 1.54) is 24.6 Å². The minimum absolute atomic E-state index is 0.0883. The number of carbonyl (C=O) groups is 1. The normalized spacial score (nSPS) is 25.2. The van der Waals surface area contributed by atoms with Gasteiger partial charge in [0.15, 0.2) is 0 Å². The van der Waals surface area contributed by atoms with E-state index in [0.29, 0.717) is 5.92 Å². The van der Waals surface area contributed by atoms with Gasteiger partial charge in [0.05, 0.1) is 15.5 Å². The minimum Gasteiger partial charge on any atom is -0.335 e. The first-order valence-corrected chi connectivity index (χ1v) is 8.42. The van der Waals surface area contributed by atoms with Gasteiger partial charge in [-0.1, -0.05) is 11.6 Å². The smallest absolute Gasteiger partial charge is 0.255 e. The van der Waals surface area contributed by atoms with Gasteiger partial charge < -0.3 is 4.90 Å². The molecule has 0 aromatic heterocycles. The van der Waals surface area contributed by atoms with E-state index in [2.05, 4.69) is 0 Å². The van der Waals surface area contributed by atoms with E-state index in [0.717, 1.165) is 19.4 Å².